The van der Waals surface area contributed by atoms with Gasteiger partial charge in [-0.1, -0.05) is 104 Å². The van der Waals surface area contributed by atoms with Crippen molar-refractivity contribution in [1.29, 1.82) is 0 Å². The van der Waals surface area contributed by atoms with E-state index in [0.717, 1.165) is 59.3 Å². The van der Waals surface area contributed by atoms with Crippen LogP contribution in [0.5, 0.6) is 0 Å². The molecule has 2 aliphatic rings. The van der Waals surface area contributed by atoms with Crippen molar-refractivity contribution in [1.82, 2.24) is 0 Å². The predicted octanol–water partition coefficient (Wildman–Crippen LogP) is 13.7. The van der Waals surface area contributed by atoms with Crippen LogP contribution in [-0.4, -0.2) is 69.9 Å². The number of hydrogen-bond donors (Lipinski definition) is 2. The summed E-state index contributed by atoms with van der Waals surface area (Å²) in [6, 6.07) is 35.6. The topological polar surface area (TPSA) is 137 Å². The summed E-state index contributed by atoms with van der Waals surface area (Å²) < 4.78 is 5.27. The zero-order valence-corrected chi connectivity index (χ0v) is 47.5. The van der Waals surface area contributed by atoms with Crippen LogP contribution in [-0.2, 0) is 26.4 Å². The van der Waals surface area contributed by atoms with Crippen molar-refractivity contribution < 1.29 is 33.8 Å². The van der Waals surface area contributed by atoms with Gasteiger partial charge in [0.15, 0.2) is 5.78 Å². The number of fused-ring (bicyclic) bond motifs is 2. The zero-order valence-electron chi connectivity index (χ0n) is 47.5. The number of allylic oxidation sites excluding steroid dienone is 1. The molecule has 6 aromatic carbocycles. The first kappa shape index (κ1) is 56.3. The molecule has 1 atom stereocenters. The summed E-state index contributed by atoms with van der Waals surface area (Å²) in [7, 11) is 9.58. The first-order chi connectivity index (χ1) is 36.7. The number of rotatable bonds is 14. The van der Waals surface area contributed by atoms with E-state index in [9.17, 15) is 29.1 Å². The minimum atomic E-state index is -1.01. The third-order valence-electron chi connectivity index (χ3n) is 16.0. The van der Waals surface area contributed by atoms with Gasteiger partial charge in [0.1, 0.15) is 0 Å². The van der Waals surface area contributed by atoms with Crippen molar-refractivity contribution in [3.63, 3.8) is 0 Å². The molecule has 6 aromatic rings. The van der Waals surface area contributed by atoms with Gasteiger partial charge in [-0.05, 0) is 183 Å². The molecule has 0 heterocycles. The van der Waals surface area contributed by atoms with Crippen molar-refractivity contribution in [2.75, 3.05) is 55.3 Å². The van der Waals surface area contributed by atoms with Gasteiger partial charge >= 0.3 is 11.9 Å². The molecule has 11 heteroatoms. The van der Waals surface area contributed by atoms with Crippen molar-refractivity contribution in [3.8, 4) is 0 Å². The van der Waals surface area contributed by atoms with Gasteiger partial charge in [0, 0.05) is 74.7 Å². The monoisotopic (exact) mass is 1050 g/mol. The number of benzene rings is 6. The maximum absolute atomic E-state index is 14.0. The lowest BCUT2D eigenvalue weighted by molar-refractivity contribution is 0.0397. The third kappa shape index (κ3) is 12.0. The molecule has 0 bridgehead atoms. The highest BCUT2D eigenvalue weighted by Gasteiger charge is 2.42. The Bertz CT molecular complexity index is 3340. The van der Waals surface area contributed by atoms with Crippen molar-refractivity contribution in [3.05, 3.63) is 200 Å². The highest BCUT2D eigenvalue weighted by Crippen LogP contribution is 2.51. The number of aliphatic hydroxyl groups is 1. The van der Waals surface area contributed by atoms with Crippen LogP contribution < -0.4 is 20.0 Å². The van der Waals surface area contributed by atoms with E-state index >= 15 is 0 Å². The molecule has 11 nitrogen and oxygen atoms in total. The number of ketones is 1. The molecule has 8 rings (SSSR count). The SMILES string of the molecule is CN(C)c1ccc(C(=O)Nc2cc(C(O)C=Cc3ccc(C(=O)OC(=O)c4ccc(C=CC(=O)c5cc(N(C)C(=O)c6ccc(N(C)C)cc6)c6c(c5)C(C)(C)CCC6(C)C)cc4)cc3)cc3c2C(C)(C)CCC3(C)C)cc1. The number of carbonyl (C=O) groups excluding carboxylic acids is 5. The largest absolute Gasteiger partial charge is 0.386 e. The van der Waals surface area contributed by atoms with Gasteiger partial charge in [0.25, 0.3) is 11.8 Å². The number of aliphatic hydroxyl groups excluding tert-OH is 1. The Morgan fingerprint density at radius 1 is 0.526 bits per heavy atom. The molecule has 1 unspecified atom stereocenters. The Morgan fingerprint density at radius 2 is 0.974 bits per heavy atom. The van der Waals surface area contributed by atoms with E-state index in [2.05, 4.69) is 66.8 Å². The molecular formula is C67H74N4O7. The normalized spacial score (nSPS) is 16.1. The minimum Gasteiger partial charge on any atom is -0.386 e. The molecule has 0 saturated carbocycles. The molecule has 78 heavy (non-hydrogen) atoms. The molecule has 0 aliphatic heterocycles. The highest BCUT2D eigenvalue weighted by molar-refractivity contribution is 6.11. The average Bonchev–Trinajstić information content (AvgIpc) is 3.61. The number of carbonyl (C=O) groups is 5. The van der Waals surface area contributed by atoms with Crippen molar-refractivity contribution in [2.24, 2.45) is 0 Å². The lowest BCUT2D eigenvalue weighted by Crippen LogP contribution is -2.37. The molecule has 0 aromatic heterocycles. The second-order valence-corrected chi connectivity index (χ2v) is 24.1. The van der Waals surface area contributed by atoms with E-state index in [4.69, 9.17) is 4.74 Å². The van der Waals surface area contributed by atoms with Crippen LogP contribution in [0, 0.1) is 0 Å². The first-order valence-corrected chi connectivity index (χ1v) is 26.7. The Balaban J connectivity index is 0.927. The van der Waals surface area contributed by atoms with E-state index in [-0.39, 0.29) is 50.4 Å². The molecule has 0 spiro atoms. The molecule has 0 radical (unpaired) electrons. The fourth-order valence-corrected chi connectivity index (χ4v) is 10.8. The molecule has 2 N–H and O–H groups in total. The van der Waals surface area contributed by atoms with Crippen molar-refractivity contribution >= 4 is 64.4 Å². The van der Waals surface area contributed by atoms with E-state index in [0.29, 0.717) is 44.8 Å². The Morgan fingerprint density at radius 3 is 1.49 bits per heavy atom. The first-order valence-electron chi connectivity index (χ1n) is 26.7. The molecule has 2 amide bonds. The molecule has 404 valence electrons. The standard InChI is InChI=1S/C67H74N4O7/c1-64(2)34-36-66(5,6)58-52(64)38-48(40-54(58)68-60(74)44-24-28-50(29-25-44)69(9)10)56(72)32-18-42-14-20-46(21-15-42)62(76)78-63(77)47-22-16-43(17-23-47)19-33-57(73)49-39-53-59(67(7,8)37-35-65(53,3)4)55(41-49)71(13)61(75)45-26-30-51(31-27-45)70(11)12/h14-33,38-41,56,72H,34-37H2,1-13H3,(H,68,74). The highest BCUT2D eigenvalue weighted by atomic mass is 16.6. The lowest BCUT2D eigenvalue weighted by atomic mass is 9.62. The average molecular weight is 1050 g/mol. The smallest absolute Gasteiger partial charge is 0.346 e. The van der Waals surface area contributed by atoms with Crippen molar-refractivity contribution in [2.45, 2.75) is 109 Å². The summed E-state index contributed by atoms with van der Waals surface area (Å²) in [5, 5.41) is 14.8. The lowest BCUT2D eigenvalue weighted by Gasteiger charge is -2.44. The van der Waals surface area contributed by atoms with Crippen LogP contribution in [0.1, 0.15) is 178 Å². The molecular weight excluding hydrogens is 973 g/mol. The second-order valence-electron chi connectivity index (χ2n) is 24.1. The Hall–Kier alpha value is -7.89. The van der Waals surface area contributed by atoms with Gasteiger partial charge in [0.05, 0.1) is 17.2 Å². The maximum Gasteiger partial charge on any atom is 0.346 e. The van der Waals surface area contributed by atoms with Crippen LogP contribution in [0.2, 0.25) is 0 Å². The van der Waals surface area contributed by atoms with Crippen LogP contribution in [0.25, 0.3) is 12.2 Å². The number of nitrogens with zero attached hydrogens (tertiary/aromatic N) is 3. The second kappa shape index (κ2) is 21.9. The van der Waals surface area contributed by atoms with Gasteiger partial charge < -0.3 is 29.9 Å². The van der Waals surface area contributed by atoms with Gasteiger partial charge in [-0.15, -0.1) is 0 Å². The molecule has 0 saturated heterocycles. The van der Waals surface area contributed by atoms with E-state index in [1.54, 1.807) is 66.6 Å². The maximum atomic E-state index is 14.0. The quantitative estimate of drug-likeness (QED) is 0.0473. The van der Waals surface area contributed by atoms with Crippen LogP contribution in [0.15, 0.2) is 133 Å². The predicted molar refractivity (Wildman–Crippen MR) is 316 cm³/mol. The zero-order chi connectivity index (χ0) is 56.6. The number of nitrogens with one attached hydrogen (secondary N) is 1. The summed E-state index contributed by atoms with van der Waals surface area (Å²) in [4.78, 5) is 73.8. The summed E-state index contributed by atoms with van der Waals surface area (Å²) >= 11 is 0. The third-order valence-corrected chi connectivity index (χ3v) is 16.0. The summed E-state index contributed by atoms with van der Waals surface area (Å²) in [6.07, 6.45) is 9.33. The number of amides is 2. The number of esters is 2. The summed E-state index contributed by atoms with van der Waals surface area (Å²) in [5.41, 5.74) is 10.6. The van der Waals surface area contributed by atoms with Gasteiger partial charge in [-0.2, -0.15) is 0 Å². The van der Waals surface area contributed by atoms with E-state index in [1.807, 2.05) is 105 Å². The fourth-order valence-electron chi connectivity index (χ4n) is 10.8. The van der Waals surface area contributed by atoms with E-state index < -0.39 is 18.0 Å². The molecule has 0 fully saturated rings. The fraction of sp³-hybridized carbons (Fsp3) is 0.328. The summed E-state index contributed by atoms with van der Waals surface area (Å²) in [5.74, 6) is -2.28. The van der Waals surface area contributed by atoms with Crippen LogP contribution >= 0.6 is 0 Å². The minimum absolute atomic E-state index is 0.157. The Kier molecular flexibility index (Phi) is 15.8. The van der Waals surface area contributed by atoms with E-state index in [1.165, 1.54) is 18.2 Å². The van der Waals surface area contributed by atoms with Crippen LogP contribution in [0.4, 0.5) is 22.7 Å². The number of anilines is 4. The number of hydrogen-bond acceptors (Lipinski definition) is 9. The summed E-state index contributed by atoms with van der Waals surface area (Å²) in [6.45, 7) is 17.6. The van der Waals surface area contributed by atoms with Gasteiger partial charge in [-0.3, -0.25) is 14.4 Å². The number of ether oxygens (including phenoxy) is 1. The molecule has 2 aliphatic carbocycles. The Labute approximate surface area is 460 Å². The van der Waals surface area contributed by atoms with Gasteiger partial charge in [-0.25, -0.2) is 9.59 Å². The van der Waals surface area contributed by atoms with Crippen LogP contribution in [0.3, 0.4) is 0 Å². The van der Waals surface area contributed by atoms with Gasteiger partial charge in [0.2, 0.25) is 0 Å².